The molecular weight excluding hydrogens is 368 g/mol. The molecular formula is C22H16N4O3. The molecule has 0 unspecified atom stereocenters. The summed E-state index contributed by atoms with van der Waals surface area (Å²) in [5.74, 6) is -0.951. The Morgan fingerprint density at radius 3 is 2.03 bits per heavy atom. The molecule has 142 valence electrons. The molecule has 0 spiro atoms. The number of Topliss-reactive ketones (excluding diaryl/α,β-unsaturated/α-hetero) is 1. The Kier molecular flexibility index (Phi) is 5.76. The number of carbonyl (C=O) groups excluding carboxylic acids is 3. The van der Waals surface area contributed by atoms with Gasteiger partial charge in [-0.1, -0.05) is 6.07 Å². The first-order valence-electron chi connectivity index (χ1n) is 8.65. The lowest BCUT2D eigenvalue weighted by Gasteiger charge is -2.08. The van der Waals surface area contributed by atoms with Gasteiger partial charge in [0.05, 0.1) is 22.8 Å². The van der Waals surface area contributed by atoms with Crippen molar-refractivity contribution in [3.05, 3.63) is 89.2 Å². The molecule has 1 aromatic heterocycles. The van der Waals surface area contributed by atoms with Crippen LogP contribution >= 0.6 is 0 Å². The molecule has 1 heterocycles. The van der Waals surface area contributed by atoms with Gasteiger partial charge in [-0.05, 0) is 55.5 Å². The zero-order chi connectivity index (χ0) is 20.8. The van der Waals surface area contributed by atoms with Crippen LogP contribution in [0.15, 0.2) is 67.0 Å². The van der Waals surface area contributed by atoms with Crippen LogP contribution in [-0.2, 0) is 0 Å². The summed E-state index contributed by atoms with van der Waals surface area (Å²) in [6.07, 6.45) is 2.70. The number of aromatic nitrogens is 1. The smallest absolute Gasteiger partial charge is 0.257 e. The van der Waals surface area contributed by atoms with Crippen molar-refractivity contribution in [3.63, 3.8) is 0 Å². The molecule has 2 N–H and O–H groups in total. The van der Waals surface area contributed by atoms with E-state index in [-0.39, 0.29) is 16.9 Å². The minimum absolute atomic E-state index is 0.0638. The molecule has 0 aliphatic rings. The Hall–Kier alpha value is -4.31. The predicted octanol–water partition coefficient (Wildman–Crippen LogP) is 3.66. The Balaban J connectivity index is 1.72. The molecule has 0 radical (unpaired) electrons. The van der Waals surface area contributed by atoms with Crippen LogP contribution in [0, 0.1) is 11.3 Å². The van der Waals surface area contributed by atoms with Gasteiger partial charge in [0.1, 0.15) is 0 Å². The van der Waals surface area contributed by atoms with Gasteiger partial charge in [0, 0.05) is 29.3 Å². The number of nitrogens with one attached hydrogen (secondary N) is 2. The number of nitriles is 1. The van der Waals surface area contributed by atoms with Crippen LogP contribution in [-0.4, -0.2) is 22.6 Å². The third-order valence-electron chi connectivity index (χ3n) is 4.06. The third-order valence-corrected chi connectivity index (χ3v) is 4.06. The van der Waals surface area contributed by atoms with Crippen LogP contribution in [0.3, 0.4) is 0 Å². The fourth-order valence-corrected chi connectivity index (χ4v) is 2.55. The number of pyridine rings is 1. The number of benzene rings is 2. The molecule has 0 saturated carbocycles. The number of hydrogen-bond acceptors (Lipinski definition) is 5. The van der Waals surface area contributed by atoms with E-state index in [1.54, 1.807) is 48.5 Å². The maximum Gasteiger partial charge on any atom is 0.257 e. The second kappa shape index (κ2) is 8.59. The SMILES string of the molecule is CC(=O)c1ccc(NC(=O)c2cncc(C(=O)Nc3cccc(C#N)c3)c2)cc1. The van der Waals surface area contributed by atoms with Crippen LogP contribution in [0.2, 0.25) is 0 Å². The minimum atomic E-state index is -0.451. The number of carbonyl (C=O) groups is 3. The molecule has 0 aliphatic carbocycles. The van der Waals surface area contributed by atoms with Gasteiger partial charge >= 0.3 is 0 Å². The predicted molar refractivity (Wildman–Crippen MR) is 108 cm³/mol. The second-order valence-corrected chi connectivity index (χ2v) is 6.20. The standard InChI is InChI=1S/C22H16N4O3/c1-14(27)16-5-7-19(8-6-16)25-21(28)17-10-18(13-24-12-17)22(29)26-20-4-2-3-15(9-20)11-23/h2-10,12-13H,1H3,(H,25,28)(H,26,29). The quantitative estimate of drug-likeness (QED) is 0.652. The van der Waals surface area contributed by atoms with E-state index in [2.05, 4.69) is 15.6 Å². The van der Waals surface area contributed by atoms with Crippen molar-refractivity contribution in [1.29, 1.82) is 5.26 Å². The molecule has 0 bridgehead atoms. The van der Waals surface area contributed by atoms with Crippen LogP contribution in [0.25, 0.3) is 0 Å². The largest absolute Gasteiger partial charge is 0.322 e. The van der Waals surface area contributed by atoms with Gasteiger partial charge < -0.3 is 10.6 Å². The van der Waals surface area contributed by atoms with Gasteiger partial charge in [0.25, 0.3) is 11.8 Å². The lowest BCUT2D eigenvalue weighted by molar-refractivity contribution is 0.101. The highest BCUT2D eigenvalue weighted by molar-refractivity contribution is 6.08. The summed E-state index contributed by atoms with van der Waals surface area (Å²) in [6.45, 7) is 1.46. The molecule has 0 atom stereocenters. The highest BCUT2D eigenvalue weighted by Gasteiger charge is 2.12. The van der Waals surface area contributed by atoms with E-state index in [0.717, 1.165) is 0 Å². The number of hydrogen-bond donors (Lipinski definition) is 2. The summed E-state index contributed by atoms with van der Waals surface area (Å²) in [5.41, 5.74) is 2.36. The fourth-order valence-electron chi connectivity index (χ4n) is 2.55. The van der Waals surface area contributed by atoms with Gasteiger partial charge in [0.15, 0.2) is 5.78 Å². The molecule has 7 heteroatoms. The monoisotopic (exact) mass is 384 g/mol. The Morgan fingerprint density at radius 1 is 0.828 bits per heavy atom. The van der Waals surface area contributed by atoms with Crippen molar-refractivity contribution in [2.24, 2.45) is 0 Å². The van der Waals surface area contributed by atoms with Crippen molar-refractivity contribution < 1.29 is 14.4 Å². The lowest BCUT2D eigenvalue weighted by Crippen LogP contribution is -2.16. The second-order valence-electron chi connectivity index (χ2n) is 6.20. The molecule has 2 aromatic carbocycles. The summed E-state index contributed by atoms with van der Waals surface area (Å²) in [4.78, 5) is 40.2. The molecule has 29 heavy (non-hydrogen) atoms. The Morgan fingerprint density at radius 2 is 1.45 bits per heavy atom. The van der Waals surface area contributed by atoms with Crippen LogP contribution in [0.4, 0.5) is 11.4 Å². The molecule has 0 aliphatic heterocycles. The maximum atomic E-state index is 12.5. The normalized spacial score (nSPS) is 9.93. The van der Waals surface area contributed by atoms with Gasteiger partial charge in [0.2, 0.25) is 0 Å². The summed E-state index contributed by atoms with van der Waals surface area (Å²) in [6, 6.07) is 16.4. The first-order chi connectivity index (χ1) is 14.0. The van der Waals surface area contributed by atoms with Gasteiger partial charge in [-0.2, -0.15) is 5.26 Å². The van der Waals surface area contributed by atoms with E-state index < -0.39 is 11.8 Å². The van der Waals surface area contributed by atoms with Gasteiger partial charge in [-0.3, -0.25) is 19.4 Å². The topological polar surface area (TPSA) is 112 Å². The molecule has 0 fully saturated rings. The number of rotatable bonds is 5. The number of anilines is 2. The van der Waals surface area contributed by atoms with Crippen molar-refractivity contribution in [1.82, 2.24) is 4.98 Å². The van der Waals surface area contributed by atoms with E-state index >= 15 is 0 Å². The fraction of sp³-hybridized carbons (Fsp3) is 0.0455. The number of nitrogens with zero attached hydrogens (tertiary/aromatic N) is 2. The Bertz CT molecular complexity index is 1130. The highest BCUT2D eigenvalue weighted by atomic mass is 16.2. The zero-order valence-electron chi connectivity index (χ0n) is 15.5. The number of amides is 2. The van der Waals surface area contributed by atoms with Crippen molar-refractivity contribution in [2.75, 3.05) is 10.6 Å². The number of ketones is 1. The summed E-state index contributed by atoms with van der Waals surface area (Å²) in [5, 5.41) is 14.3. The Labute approximate surface area is 167 Å². The van der Waals surface area contributed by atoms with Gasteiger partial charge in [-0.25, -0.2) is 0 Å². The molecule has 0 saturated heterocycles. The van der Waals surface area contributed by atoms with Gasteiger partial charge in [-0.15, -0.1) is 0 Å². The molecule has 7 nitrogen and oxygen atoms in total. The average molecular weight is 384 g/mol. The van der Waals surface area contributed by atoms with E-state index in [4.69, 9.17) is 5.26 Å². The van der Waals surface area contributed by atoms with E-state index in [1.807, 2.05) is 6.07 Å². The molecule has 3 aromatic rings. The van der Waals surface area contributed by atoms with E-state index in [0.29, 0.717) is 22.5 Å². The van der Waals surface area contributed by atoms with Crippen molar-refractivity contribution in [2.45, 2.75) is 6.92 Å². The zero-order valence-corrected chi connectivity index (χ0v) is 15.5. The first-order valence-corrected chi connectivity index (χ1v) is 8.65. The summed E-state index contributed by atoms with van der Waals surface area (Å²) in [7, 11) is 0. The maximum absolute atomic E-state index is 12.5. The minimum Gasteiger partial charge on any atom is -0.322 e. The molecule has 3 rings (SSSR count). The molecule has 2 amide bonds. The van der Waals surface area contributed by atoms with E-state index in [9.17, 15) is 14.4 Å². The van der Waals surface area contributed by atoms with Crippen LogP contribution in [0.1, 0.15) is 43.6 Å². The lowest BCUT2D eigenvalue weighted by atomic mass is 10.1. The van der Waals surface area contributed by atoms with Crippen molar-refractivity contribution >= 4 is 29.0 Å². The van der Waals surface area contributed by atoms with Crippen LogP contribution in [0.5, 0.6) is 0 Å². The summed E-state index contributed by atoms with van der Waals surface area (Å²) < 4.78 is 0. The average Bonchev–Trinajstić information content (AvgIpc) is 2.74. The van der Waals surface area contributed by atoms with E-state index in [1.165, 1.54) is 25.4 Å². The van der Waals surface area contributed by atoms with Crippen LogP contribution < -0.4 is 10.6 Å². The van der Waals surface area contributed by atoms with Crippen molar-refractivity contribution in [3.8, 4) is 6.07 Å². The third kappa shape index (κ3) is 4.90. The highest BCUT2D eigenvalue weighted by Crippen LogP contribution is 2.14. The summed E-state index contributed by atoms with van der Waals surface area (Å²) >= 11 is 0. The first kappa shape index (κ1) is 19.5.